The molecule has 1 aliphatic rings. The Morgan fingerprint density at radius 2 is 2.21 bits per heavy atom. The number of hydrogen-bond donors (Lipinski definition) is 1. The Morgan fingerprint density at radius 3 is 3.00 bits per heavy atom. The summed E-state index contributed by atoms with van der Waals surface area (Å²) in [7, 11) is 1.69. The summed E-state index contributed by atoms with van der Waals surface area (Å²) < 4.78 is 5.46. The van der Waals surface area contributed by atoms with Gasteiger partial charge in [0.15, 0.2) is 0 Å². The third-order valence-corrected chi connectivity index (χ3v) is 2.66. The Bertz CT molecular complexity index is 312. The maximum Gasteiger partial charge on any atom is 0.0720 e. The fraction of sp³-hybridized carbons (Fsp3) is 0.455. The lowest BCUT2D eigenvalue weighted by molar-refractivity contribution is -0.109. The zero-order valence-corrected chi connectivity index (χ0v) is 8.31. The number of rotatable bonds is 1. The summed E-state index contributed by atoms with van der Waals surface area (Å²) in [6.07, 6.45) is 0.837. The van der Waals surface area contributed by atoms with E-state index in [4.69, 9.17) is 4.74 Å². The van der Waals surface area contributed by atoms with Crippen molar-refractivity contribution in [3.05, 3.63) is 35.4 Å². The molecule has 1 aliphatic heterocycles. The van der Waals surface area contributed by atoms with E-state index in [1.54, 1.807) is 7.05 Å². The van der Waals surface area contributed by atoms with Crippen molar-refractivity contribution in [3.63, 3.8) is 0 Å². The van der Waals surface area contributed by atoms with Gasteiger partial charge in [-0.05, 0) is 17.5 Å². The van der Waals surface area contributed by atoms with Crippen molar-refractivity contribution >= 4 is 0 Å². The fourth-order valence-corrected chi connectivity index (χ4v) is 1.91. The van der Waals surface area contributed by atoms with Gasteiger partial charge in [-0.3, -0.25) is 0 Å². The Labute approximate surface area is 83.9 Å². The molecule has 0 radical (unpaired) electrons. The highest BCUT2D eigenvalue weighted by Gasteiger charge is 2.21. The first-order valence-corrected chi connectivity index (χ1v) is 4.86. The van der Waals surface area contributed by atoms with Crippen LogP contribution in [-0.4, -0.2) is 23.9 Å². The number of hydrogen-bond acceptors (Lipinski definition) is 3. The van der Waals surface area contributed by atoms with Gasteiger partial charge < -0.3 is 9.94 Å². The predicted octanol–water partition coefficient (Wildman–Crippen LogP) is 1.97. The van der Waals surface area contributed by atoms with Gasteiger partial charge in [-0.1, -0.05) is 24.3 Å². The van der Waals surface area contributed by atoms with Crippen molar-refractivity contribution in [2.45, 2.75) is 19.1 Å². The van der Waals surface area contributed by atoms with Crippen molar-refractivity contribution in [2.75, 3.05) is 13.7 Å². The van der Waals surface area contributed by atoms with Gasteiger partial charge in [0.05, 0.1) is 12.6 Å². The molecule has 0 fully saturated rings. The van der Waals surface area contributed by atoms with Gasteiger partial charge in [0.25, 0.3) is 0 Å². The van der Waals surface area contributed by atoms with Crippen LogP contribution in [0, 0.1) is 0 Å². The highest BCUT2D eigenvalue weighted by molar-refractivity contribution is 5.30. The number of nitrogens with zero attached hydrogens (tertiary/aromatic N) is 1. The maximum atomic E-state index is 9.53. The molecule has 0 spiro atoms. The lowest BCUT2D eigenvalue weighted by atomic mass is 9.99. The normalized spacial score (nSPS) is 21.8. The Hall–Kier alpha value is -0.900. The van der Waals surface area contributed by atoms with Gasteiger partial charge in [0.2, 0.25) is 0 Å². The van der Waals surface area contributed by atoms with E-state index in [0.29, 0.717) is 13.2 Å². The van der Waals surface area contributed by atoms with E-state index in [1.165, 1.54) is 16.2 Å². The molecule has 1 aromatic rings. The topological polar surface area (TPSA) is 32.7 Å². The van der Waals surface area contributed by atoms with Gasteiger partial charge in [0.1, 0.15) is 0 Å². The first-order chi connectivity index (χ1) is 6.79. The zero-order valence-electron chi connectivity index (χ0n) is 8.31. The Morgan fingerprint density at radius 1 is 1.43 bits per heavy atom. The van der Waals surface area contributed by atoms with Crippen LogP contribution in [0.3, 0.4) is 0 Å². The van der Waals surface area contributed by atoms with Gasteiger partial charge in [0, 0.05) is 13.7 Å². The highest BCUT2D eigenvalue weighted by Crippen LogP contribution is 2.28. The molecule has 1 N–H and O–H groups in total. The fourth-order valence-electron chi connectivity index (χ4n) is 1.91. The zero-order chi connectivity index (χ0) is 9.97. The minimum absolute atomic E-state index is 0.0636. The van der Waals surface area contributed by atoms with Crippen molar-refractivity contribution in [3.8, 4) is 0 Å². The summed E-state index contributed by atoms with van der Waals surface area (Å²) in [5, 5.41) is 10.8. The van der Waals surface area contributed by atoms with Crippen LogP contribution < -0.4 is 0 Å². The average Bonchev–Trinajstić information content (AvgIpc) is 2.39. The van der Waals surface area contributed by atoms with Crippen LogP contribution in [-0.2, 0) is 11.3 Å². The van der Waals surface area contributed by atoms with Crippen LogP contribution in [0.1, 0.15) is 23.6 Å². The second kappa shape index (κ2) is 4.09. The molecule has 2 rings (SSSR count). The van der Waals surface area contributed by atoms with E-state index < -0.39 is 0 Å². The van der Waals surface area contributed by atoms with Crippen LogP contribution in [0.5, 0.6) is 0 Å². The highest BCUT2D eigenvalue weighted by atomic mass is 16.5. The van der Waals surface area contributed by atoms with Crippen molar-refractivity contribution in [1.29, 1.82) is 0 Å². The van der Waals surface area contributed by atoms with Crippen molar-refractivity contribution in [1.82, 2.24) is 5.06 Å². The summed E-state index contributed by atoms with van der Waals surface area (Å²) in [5.41, 5.74) is 2.35. The molecular formula is C11H15NO2. The lowest BCUT2D eigenvalue weighted by Crippen LogP contribution is -2.21. The smallest absolute Gasteiger partial charge is 0.0720 e. The maximum absolute atomic E-state index is 9.53. The van der Waals surface area contributed by atoms with Crippen LogP contribution in [0.4, 0.5) is 0 Å². The van der Waals surface area contributed by atoms with E-state index in [1.807, 2.05) is 12.1 Å². The van der Waals surface area contributed by atoms with Crippen molar-refractivity contribution in [2.24, 2.45) is 0 Å². The van der Waals surface area contributed by atoms with Gasteiger partial charge in [-0.15, -0.1) is 0 Å². The molecule has 1 heterocycles. The predicted molar refractivity (Wildman–Crippen MR) is 53.0 cm³/mol. The molecule has 0 saturated carbocycles. The molecule has 3 heteroatoms. The van der Waals surface area contributed by atoms with E-state index >= 15 is 0 Å². The molecule has 3 nitrogen and oxygen atoms in total. The monoisotopic (exact) mass is 193 g/mol. The minimum Gasteiger partial charge on any atom is -0.377 e. The Balaban J connectivity index is 2.37. The van der Waals surface area contributed by atoms with Crippen LogP contribution >= 0.6 is 0 Å². The van der Waals surface area contributed by atoms with E-state index in [2.05, 4.69) is 12.1 Å². The molecule has 76 valence electrons. The third-order valence-electron chi connectivity index (χ3n) is 2.66. The molecule has 0 aliphatic carbocycles. The third kappa shape index (κ3) is 1.80. The second-order valence-electron chi connectivity index (χ2n) is 3.63. The second-order valence-corrected chi connectivity index (χ2v) is 3.63. The SMILES string of the molecule is CN(O)C1CCOCc2ccccc21. The summed E-state index contributed by atoms with van der Waals surface area (Å²) in [6, 6.07) is 8.18. The average molecular weight is 193 g/mol. The summed E-state index contributed by atoms with van der Waals surface area (Å²) in [6.45, 7) is 1.35. The summed E-state index contributed by atoms with van der Waals surface area (Å²) in [4.78, 5) is 0. The molecule has 0 bridgehead atoms. The van der Waals surface area contributed by atoms with Crippen LogP contribution in [0.2, 0.25) is 0 Å². The first-order valence-electron chi connectivity index (χ1n) is 4.86. The molecule has 14 heavy (non-hydrogen) atoms. The minimum atomic E-state index is 0.0636. The quantitative estimate of drug-likeness (QED) is 0.692. The largest absolute Gasteiger partial charge is 0.377 e. The number of hydroxylamine groups is 2. The van der Waals surface area contributed by atoms with Gasteiger partial charge >= 0.3 is 0 Å². The summed E-state index contributed by atoms with van der Waals surface area (Å²) >= 11 is 0. The number of ether oxygens (including phenoxy) is 1. The standard InChI is InChI=1S/C11H15NO2/c1-12(13)11-6-7-14-8-9-4-2-3-5-10(9)11/h2-5,11,13H,6-8H2,1H3. The van der Waals surface area contributed by atoms with Crippen LogP contribution in [0.15, 0.2) is 24.3 Å². The van der Waals surface area contributed by atoms with Gasteiger partial charge in [-0.2, -0.15) is 5.06 Å². The Kier molecular flexibility index (Phi) is 2.82. The molecule has 1 atom stereocenters. The van der Waals surface area contributed by atoms with E-state index in [0.717, 1.165) is 6.42 Å². The first kappa shape index (κ1) is 9.65. The molecule has 0 aromatic heterocycles. The lowest BCUT2D eigenvalue weighted by Gasteiger charge is -2.22. The number of benzene rings is 1. The molecule has 0 amide bonds. The molecular weight excluding hydrogens is 178 g/mol. The van der Waals surface area contributed by atoms with Crippen molar-refractivity contribution < 1.29 is 9.94 Å². The van der Waals surface area contributed by atoms with E-state index in [9.17, 15) is 5.21 Å². The van der Waals surface area contributed by atoms with E-state index in [-0.39, 0.29) is 6.04 Å². The number of fused-ring (bicyclic) bond motifs is 1. The molecule has 0 saturated heterocycles. The molecule has 1 unspecified atom stereocenters. The summed E-state index contributed by atoms with van der Waals surface area (Å²) in [5.74, 6) is 0. The van der Waals surface area contributed by atoms with Gasteiger partial charge in [-0.25, -0.2) is 0 Å². The van der Waals surface area contributed by atoms with Crippen LogP contribution in [0.25, 0.3) is 0 Å². The molecule has 1 aromatic carbocycles.